The van der Waals surface area contributed by atoms with Gasteiger partial charge in [0, 0.05) is 24.6 Å². The lowest BCUT2D eigenvalue weighted by atomic mass is 9.64. The van der Waals surface area contributed by atoms with Crippen molar-refractivity contribution >= 4 is 0 Å². The normalized spacial score (nSPS) is 34.5. The van der Waals surface area contributed by atoms with Crippen molar-refractivity contribution in [3.8, 4) is 0 Å². The Morgan fingerprint density at radius 1 is 1.44 bits per heavy atom. The van der Waals surface area contributed by atoms with E-state index in [9.17, 15) is 5.11 Å². The minimum absolute atomic E-state index is 0.137. The highest BCUT2D eigenvalue weighted by Crippen LogP contribution is 2.43. The standard InChI is InChI=1S/C13H25NO2/c1-4-16-12-7-11(13(12,2)3)14-8-10(15)9-5-6-9/h9-12,14-15H,4-8H2,1-3H3. The molecule has 0 spiro atoms. The van der Waals surface area contributed by atoms with Gasteiger partial charge in [-0.25, -0.2) is 0 Å². The van der Waals surface area contributed by atoms with Crippen molar-refractivity contribution in [1.82, 2.24) is 5.32 Å². The third-order valence-corrected chi connectivity index (χ3v) is 4.29. The molecule has 3 nitrogen and oxygen atoms in total. The van der Waals surface area contributed by atoms with Gasteiger partial charge in [0.05, 0.1) is 12.2 Å². The lowest BCUT2D eigenvalue weighted by molar-refractivity contribution is -0.115. The molecule has 0 heterocycles. The van der Waals surface area contributed by atoms with Crippen LogP contribution in [0.25, 0.3) is 0 Å². The molecular weight excluding hydrogens is 202 g/mol. The second-order valence-electron chi connectivity index (χ2n) is 5.87. The zero-order valence-corrected chi connectivity index (χ0v) is 10.7. The molecule has 0 aromatic carbocycles. The van der Waals surface area contributed by atoms with Gasteiger partial charge in [-0.15, -0.1) is 0 Å². The van der Waals surface area contributed by atoms with Gasteiger partial charge in [-0.1, -0.05) is 13.8 Å². The van der Waals surface area contributed by atoms with Crippen LogP contribution in [0.5, 0.6) is 0 Å². The quantitative estimate of drug-likeness (QED) is 0.723. The Morgan fingerprint density at radius 2 is 2.12 bits per heavy atom. The lowest BCUT2D eigenvalue weighted by Crippen LogP contribution is -2.61. The Labute approximate surface area is 98.6 Å². The molecule has 0 amide bonds. The van der Waals surface area contributed by atoms with Gasteiger partial charge in [0.15, 0.2) is 0 Å². The third kappa shape index (κ3) is 2.41. The molecule has 0 aromatic heterocycles. The fourth-order valence-corrected chi connectivity index (χ4v) is 2.63. The van der Waals surface area contributed by atoms with Crippen molar-refractivity contribution in [3.63, 3.8) is 0 Å². The monoisotopic (exact) mass is 227 g/mol. The van der Waals surface area contributed by atoms with Crippen LogP contribution in [0.3, 0.4) is 0 Å². The van der Waals surface area contributed by atoms with Gasteiger partial charge in [0.1, 0.15) is 0 Å². The van der Waals surface area contributed by atoms with Gasteiger partial charge in [0.25, 0.3) is 0 Å². The van der Waals surface area contributed by atoms with E-state index >= 15 is 0 Å². The van der Waals surface area contributed by atoms with Crippen LogP contribution < -0.4 is 5.32 Å². The highest BCUT2D eigenvalue weighted by Gasteiger charge is 2.48. The molecule has 16 heavy (non-hydrogen) atoms. The van der Waals surface area contributed by atoms with E-state index in [2.05, 4.69) is 19.2 Å². The Bertz CT molecular complexity index is 238. The molecule has 2 aliphatic carbocycles. The van der Waals surface area contributed by atoms with Crippen molar-refractivity contribution < 1.29 is 9.84 Å². The Balaban J connectivity index is 1.71. The Hall–Kier alpha value is -0.120. The summed E-state index contributed by atoms with van der Waals surface area (Å²) < 4.78 is 5.69. The maximum atomic E-state index is 9.80. The maximum Gasteiger partial charge on any atom is 0.0692 e. The van der Waals surface area contributed by atoms with E-state index < -0.39 is 0 Å². The molecule has 0 bridgehead atoms. The molecule has 0 aromatic rings. The van der Waals surface area contributed by atoms with Crippen LogP contribution in [0.2, 0.25) is 0 Å². The largest absolute Gasteiger partial charge is 0.392 e. The van der Waals surface area contributed by atoms with Crippen LogP contribution in [-0.2, 0) is 4.74 Å². The van der Waals surface area contributed by atoms with Gasteiger partial charge in [0.2, 0.25) is 0 Å². The summed E-state index contributed by atoms with van der Waals surface area (Å²) in [4.78, 5) is 0. The van der Waals surface area contributed by atoms with Crippen LogP contribution in [0.15, 0.2) is 0 Å². The molecule has 2 rings (SSSR count). The smallest absolute Gasteiger partial charge is 0.0692 e. The van der Waals surface area contributed by atoms with E-state index in [-0.39, 0.29) is 11.5 Å². The summed E-state index contributed by atoms with van der Waals surface area (Å²) in [6.45, 7) is 8.09. The fraction of sp³-hybridized carbons (Fsp3) is 1.00. The highest BCUT2D eigenvalue weighted by molar-refractivity contribution is 5.03. The molecule has 2 N–H and O–H groups in total. The Morgan fingerprint density at radius 3 is 2.62 bits per heavy atom. The number of aliphatic hydroxyl groups is 1. The number of hydrogen-bond acceptors (Lipinski definition) is 3. The topological polar surface area (TPSA) is 41.5 Å². The van der Waals surface area contributed by atoms with E-state index in [0.717, 1.165) is 19.6 Å². The second-order valence-corrected chi connectivity index (χ2v) is 5.87. The summed E-state index contributed by atoms with van der Waals surface area (Å²) in [5.41, 5.74) is 0.208. The number of aliphatic hydroxyl groups excluding tert-OH is 1. The van der Waals surface area contributed by atoms with Crippen LogP contribution in [0.4, 0.5) is 0 Å². The summed E-state index contributed by atoms with van der Waals surface area (Å²) in [5, 5.41) is 13.3. The zero-order valence-electron chi connectivity index (χ0n) is 10.7. The third-order valence-electron chi connectivity index (χ3n) is 4.29. The van der Waals surface area contributed by atoms with Crippen molar-refractivity contribution in [2.75, 3.05) is 13.2 Å². The number of ether oxygens (including phenoxy) is 1. The molecule has 2 fully saturated rings. The Kier molecular flexibility index (Phi) is 3.57. The van der Waals surface area contributed by atoms with Crippen molar-refractivity contribution in [2.45, 2.75) is 58.3 Å². The average molecular weight is 227 g/mol. The van der Waals surface area contributed by atoms with Gasteiger partial charge in [-0.05, 0) is 32.1 Å². The predicted octanol–water partition coefficient (Wildman–Crippen LogP) is 1.55. The van der Waals surface area contributed by atoms with E-state index in [1.165, 1.54) is 12.8 Å². The van der Waals surface area contributed by atoms with Crippen LogP contribution in [0.1, 0.15) is 40.0 Å². The predicted molar refractivity (Wildman–Crippen MR) is 64.3 cm³/mol. The molecular formula is C13H25NO2. The molecule has 0 saturated heterocycles. The van der Waals surface area contributed by atoms with Crippen LogP contribution >= 0.6 is 0 Å². The first-order chi connectivity index (χ1) is 7.55. The van der Waals surface area contributed by atoms with Crippen LogP contribution in [0, 0.1) is 11.3 Å². The molecule has 2 aliphatic rings. The van der Waals surface area contributed by atoms with Crippen molar-refractivity contribution in [2.24, 2.45) is 11.3 Å². The minimum Gasteiger partial charge on any atom is -0.392 e. The molecule has 2 saturated carbocycles. The molecule has 94 valence electrons. The minimum atomic E-state index is -0.137. The molecule has 3 unspecified atom stereocenters. The van der Waals surface area contributed by atoms with E-state index in [1.54, 1.807) is 0 Å². The summed E-state index contributed by atoms with van der Waals surface area (Å²) in [6.07, 6.45) is 3.74. The number of nitrogens with one attached hydrogen (secondary N) is 1. The van der Waals surface area contributed by atoms with E-state index in [1.807, 2.05) is 6.92 Å². The summed E-state index contributed by atoms with van der Waals surface area (Å²) in [7, 11) is 0. The van der Waals surface area contributed by atoms with Gasteiger partial charge in [-0.2, -0.15) is 0 Å². The van der Waals surface area contributed by atoms with Gasteiger partial charge >= 0.3 is 0 Å². The summed E-state index contributed by atoms with van der Waals surface area (Å²) in [6, 6.07) is 0.498. The number of hydrogen-bond donors (Lipinski definition) is 2. The lowest BCUT2D eigenvalue weighted by Gasteiger charge is -2.52. The molecule has 3 heteroatoms. The SMILES string of the molecule is CCOC1CC(NCC(O)C2CC2)C1(C)C. The molecule has 0 aliphatic heterocycles. The zero-order chi connectivity index (χ0) is 11.8. The fourth-order valence-electron chi connectivity index (χ4n) is 2.63. The van der Waals surface area contributed by atoms with Crippen molar-refractivity contribution in [3.05, 3.63) is 0 Å². The first-order valence-electron chi connectivity index (χ1n) is 6.58. The van der Waals surface area contributed by atoms with E-state index in [4.69, 9.17) is 4.74 Å². The summed E-state index contributed by atoms with van der Waals surface area (Å²) >= 11 is 0. The summed E-state index contributed by atoms with van der Waals surface area (Å²) in [5.74, 6) is 0.568. The maximum absolute atomic E-state index is 9.80. The number of rotatable bonds is 6. The average Bonchev–Trinajstić information content (AvgIpc) is 3.05. The highest BCUT2D eigenvalue weighted by atomic mass is 16.5. The molecule has 0 radical (unpaired) electrons. The van der Waals surface area contributed by atoms with Crippen molar-refractivity contribution in [1.29, 1.82) is 0 Å². The first kappa shape index (κ1) is 12.3. The van der Waals surface area contributed by atoms with E-state index in [0.29, 0.717) is 18.1 Å². The first-order valence-corrected chi connectivity index (χ1v) is 6.58. The van der Waals surface area contributed by atoms with Gasteiger partial charge < -0.3 is 15.2 Å². The second kappa shape index (κ2) is 4.63. The molecule has 3 atom stereocenters. The van der Waals surface area contributed by atoms with Crippen LogP contribution in [-0.4, -0.2) is 36.5 Å². The van der Waals surface area contributed by atoms with Gasteiger partial charge in [-0.3, -0.25) is 0 Å².